The summed E-state index contributed by atoms with van der Waals surface area (Å²) in [5.74, 6) is 1.26. The summed E-state index contributed by atoms with van der Waals surface area (Å²) in [6.07, 6.45) is 6.02. The molecule has 0 atom stereocenters. The van der Waals surface area contributed by atoms with Crippen LogP contribution in [0.4, 0.5) is 11.6 Å². The average molecular weight is 341 g/mol. The Morgan fingerprint density at radius 1 is 1.20 bits per heavy atom. The molecule has 0 aliphatic carbocycles. The lowest BCUT2D eigenvalue weighted by Crippen LogP contribution is -2.29. The zero-order valence-corrected chi connectivity index (χ0v) is 14.4. The van der Waals surface area contributed by atoms with Crippen LogP contribution in [0.3, 0.4) is 0 Å². The molecule has 1 aliphatic heterocycles. The first-order valence-corrected chi connectivity index (χ1v) is 8.55. The number of nitrogens with zero attached hydrogens (tertiary/aromatic N) is 4. The molecule has 1 amide bonds. The summed E-state index contributed by atoms with van der Waals surface area (Å²) in [7, 11) is 1.98. The number of ether oxygens (including phenoxy) is 1. The van der Waals surface area contributed by atoms with Gasteiger partial charge in [-0.05, 0) is 49.1 Å². The first kappa shape index (κ1) is 17.3. The largest absolute Gasteiger partial charge is 0.381 e. The molecule has 0 aromatic carbocycles. The quantitative estimate of drug-likeness (QED) is 0.864. The molecule has 132 valence electrons. The van der Waals surface area contributed by atoms with Crippen LogP contribution in [0.2, 0.25) is 0 Å². The fourth-order valence-electron chi connectivity index (χ4n) is 2.74. The highest BCUT2D eigenvalue weighted by molar-refractivity contribution is 5.91. The van der Waals surface area contributed by atoms with E-state index in [0.29, 0.717) is 19.0 Å². The van der Waals surface area contributed by atoms with Crippen molar-refractivity contribution in [1.29, 1.82) is 0 Å². The van der Waals surface area contributed by atoms with Gasteiger partial charge in [0.2, 0.25) is 5.91 Å². The van der Waals surface area contributed by atoms with Crippen molar-refractivity contribution >= 4 is 17.5 Å². The van der Waals surface area contributed by atoms with Crippen molar-refractivity contribution < 1.29 is 9.53 Å². The summed E-state index contributed by atoms with van der Waals surface area (Å²) in [6, 6.07) is 7.69. The SMILES string of the molecule is CN(CCc1ccncc1)c1ccc(NC(=O)C2CCOCC2)nn1. The predicted molar refractivity (Wildman–Crippen MR) is 95.4 cm³/mol. The van der Waals surface area contributed by atoms with Crippen LogP contribution >= 0.6 is 0 Å². The fraction of sp³-hybridized carbons (Fsp3) is 0.444. The van der Waals surface area contributed by atoms with Crippen molar-refractivity contribution in [1.82, 2.24) is 15.2 Å². The van der Waals surface area contributed by atoms with Gasteiger partial charge in [0.25, 0.3) is 0 Å². The van der Waals surface area contributed by atoms with E-state index in [1.54, 1.807) is 18.5 Å². The molecule has 2 aromatic rings. The molecule has 0 radical (unpaired) electrons. The van der Waals surface area contributed by atoms with Crippen LogP contribution in [0.25, 0.3) is 0 Å². The van der Waals surface area contributed by atoms with Gasteiger partial charge in [-0.2, -0.15) is 0 Å². The van der Waals surface area contributed by atoms with Crippen molar-refractivity contribution in [2.24, 2.45) is 5.92 Å². The zero-order chi connectivity index (χ0) is 17.5. The normalized spacial score (nSPS) is 14.9. The number of rotatable bonds is 6. The lowest BCUT2D eigenvalue weighted by Gasteiger charge is -2.21. The highest BCUT2D eigenvalue weighted by atomic mass is 16.5. The summed E-state index contributed by atoms with van der Waals surface area (Å²) < 4.78 is 5.28. The maximum atomic E-state index is 12.2. The Hall–Kier alpha value is -2.54. The van der Waals surface area contributed by atoms with Crippen LogP contribution in [0, 0.1) is 5.92 Å². The van der Waals surface area contributed by atoms with E-state index in [9.17, 15) is 4.79 Å². The number of pyridine rings is 1. The van der Waals surface area contributed by atoms with E-state index in [4.69, 9.17) is 4.74 Å². The van der Waals surface area contributed by atoms with E-state index in [-0.39, 0.29) is 11.8 Å². The van der Waals surface area contributed by atoms with Crippen LogP contribution in [0.5, 0.6) is 0 Å². The number of amides is 1. The predicted octanol–water partition coefficient (Wildman–Crippen LogP) is 1.92. The molecule has 25 heavy (non-hydrogen) atoms. The van der Waals surface area contributed by atoms with E-state index in [2.05, 4.69) is 20.5 Å². The Balaban J connectivity index is 1.51. The van der Waals surface area contributed by atoms with Gasteiger partial charge in [0.05, 0.1) is 0 Å². The number of aromatic nitrogens is 3. The van der Waals surface area contributed by atoms with Crippen molar-refractivity contribution in [2.45, 2.75) is 19.3 Å². The van der Waals surface area contributed by atoms with E-state index < -0.39 is 0 Å². The minimum atomic E-state index is -0.00334. The van der Waals surface area contributed by atoms with Crippen LogP contribution in [0.1, 0.15) is 18.4 Å². The molecule has 1 saturated heterocycles. The fourth-order valence-corrected chi connectivity index (χ4v) is 2.74. The molecular weight excluding hydrogens is 318 g/mol. The second-order valence-corrected chi connectivity index (χ2v) is 6.18. The minimum absolute atomic E-state index is 0.00161. The molecule has 1 fully saturated rings. The van der Waals surface area contributed by atoms with Crippen LogP contribution in [-0.4, -0.2) is 47.9 Å². The van der Waals surface area contributed by atoms with E-state index >= 15 is 0 Å². The van der Waals surface area contributed by atoms with Gasteiger partial charge >= 0.3 is 0 Å². The number of hydrogen-bond donors (Lipinski definition) is 1. The summed E-state index contributed by atoms with van der Waals surface area (Å²) in [6.45, 7) is 2.11. The Morgan fingerprint density at radius 2 is 1.96 bits per heavy atom. The monoisotopic (exact) mass is 341 g/mol. The summed E-state index contributed by atoms with van der Waals surface area (Å²) in [5, 5.41) is 11.2. The van der Waals surface area contributed by atoms with Gasteiger partial charge in [0, 0.05) is 45.1 Å². The molecule has 0 unspecified atom stereocenters. The first-order chi connectivity index (χ1) is 12.2. The number of carbonyl (C=O) groups excluding carboxylic acids is 1. The van der Waals surface area contributed by atoms with Crippen molar-refractivity contribution in [3.63, 3.8) is 0 Å². The van der Waals surface area contributed by atoms with Gasteiger partial charge in [-0.3, -0.25) is 9.78 Å². The highest BCUT2D eigenvalue weighted by Crippen LogP contribution is 2.17. The number of anilines is 2. The van der Waals surface area contributed by atoms with Gasteiger partial charge in [-0.15, -0.1) is 10.2 Å². The molecule has 0 spiro atoms. The third kappa shape index (κ3) is 4.96. The Morgan fingerprint density at radius 3 is 2.64 bits per heavy atom. The van der Waals surface area contributed by atoms with Gasteiger partial charge in [0.15, 0.2) is 11.6 Å². The van der Waals surface area contributed by atoms with E-state index in [1.165, 1.54) is 5.56 Å². The van der Waals surface area contributed by atoms with Crippen molar-refractivity contribution in [2.75, 3.05) is 37.0 Å². The highest BCUT2D eigenvalue weighted by Gasteiger charge is 2.21. The molecule has 0 saturated carbocycles. The topological polar surface area (TPSA) is 80.2 Å². The molecule has 7 heteroatoms. The molecule has 7 nitrogen and oxygen atoms in total. The number of nitrogens with one attached hydrogen (secondary N) is 1. The van der Waals surface area contributed by atoms with Crippen molar-refractivity contribution in [3.05, 3.63) is 42.2 Å². The maximum Gasteiger partial charge on any atom is 0.228 e. The summed E-state index contributed by atoms with van der Waals surface area (Å²) >= 11 is 0. The van der Waals surface area contributed by atoms with Gasteiger partial charge in [0.1, 0.15) is 0 Å². The van der Waals surface area contributed by atoms with Gasteiger partial charge in [-0.1, -0.05) is 0 Å². The number of hydrogen-bond acceptors (Lipinski definition) is 6. The maximum absolute atomic E-state index is 12.2. The van der Waals surface area contributed by atoms with Crippen molar-refractivity contribution in [3.8, 4) is 0 Å². The molecule has 1 aliphatic rings. The van der Waals surface area contributed by atoms with Crippen LogP contribution in [-0.2, 0) is 16.0 Å². The second kappa shape index (κ2) is 8.53. The summed E-state index contributed by atoms with van der Waals surface area (Å²) in [4.78, 5) is 18.3. The van der Waals surface area contributed by atoms with Crippen LogP contribution < -0.4 is 10.2 Å². The second-order valence-electron chi connectivity index (χ2n) is 6.18. The average Bonchev–Trinajstić information content (AvgIpc) is 2.68. The molecule has 0 bridgehead atoms. The molecule has 2 aromatic heterocycles. The van der Waals surface area contributed by atoms with Gasteiger partial charge < -0.3 is 15.0 Å². The molecule has 1 N–H and O–H groups in total. The number of likely N-dealkylation sites (N-methyl/N-ethyl adjacent to an activating group) is 1. The third-order valence-corrected chi connectivity index (χ3v) is 4.37. The smallest absolute Gasteiger partial charge is 0.228 e. The lowest BCUT2D eigenvalue weighted by atomic mass is 9.99. The molecule has 3 rings (SSSR count). The van der Waals surface area contributed by atoms with Gasteiger partial charge in [-0.25, -0.2) is 0 Å². The third-order valence-electron chi connectivity index (χ3n) is 4.37. The van der Waals surface area contributed by atoms with E-state index in [1.807, 2.05) is 30.1 Å². The minimum Gasteiger partial charge on any atom is -0.381 e. The first-order valence-electron chi connectivity index (χ1n) is 8.55. The lowest BCUT2D eigenvalue weighted by molar-refractivity contribution is -0.122. The Bertz CT molecular complexity index is 672. The zero-order valence-electron chi connectivity index (χ0n) is 14.4. The summed E-state index contributed by atoms with van der Waals surface area (Å²) in [5.41, 5.74) is 1.23. The van der Waals surface area contributed by atoms with Crippen LogP contribution in [0.15, 0.2) is 36.7 Å². The standard InChI is InChI=1S/C18H23N5O2/c1-23(11-6-14-4-9-19-10-5-14)17-3-2-16(21-22-17)20-18(24)15-7-12-25-13-8-15/h2-5,9-10,15H,6-8,11-13H2,1H3,(H,20,21,24). The Kier molecular flexibility index (Phi) is 5.90. The molecule has 3 heterocycles. The molecular formula is C18H23N5O2. The van der Waals surface area contributed by atoms with E-state index in [0.717, 1.165) is 31.6 Å². The Labute approximate surface area is 147 Å². The number of carbonyl (C=O) groups is 1.